The van der Waals surface area contributed by atoms with Crippen molar-refractivity contribution in [2.24, 2.45) is 0 Å². The van der Waals surface area contributed by atoms with Crippen LogP contribution in [0.1, 0.15) is 30.4 Å². The first-order chi connectivity index (χ1) is 7.69. The van der Waals surface area contributed by atoms with E-state index in [0.29, 0.717) is 11.9 Å². The van der Waals surface area contributed by atoms with E-state index in [-0.39, 0.29) is 11.9 Å². The highest BCUT2D eigenvalue weighted by Gasteiger charge is 2.12. The number of alkyl halides is 1. The topological polar surface area (TPSA) is 64.1 Å². The Bertz CT molecular complexity index is 466. The van der Waals surface area contributed by atoms with Crippen LogP contribution in [0.3, 0.4) is 0 Å². The van der Waals surface area contributed by atoms with Crippen LogP contribution < -0.4 is 5.32 Å². The Kier molecular flexibility index (Phi) is 3.14. The number of halogens is 1. The first kappa shape index (κ1) is 11.0. The first-order valence-electron chi connectivity index (χ1n) is 4.90. The van der Waals surface area contributed by atoms with Crippen molar-refractivity contribution in [2.75, 3.05) is 5.32 Å². The zero-order valence-corrected chi connectivity index (χ0v) is 9.78. The zero-order chi connectivity index (χ0) is 11.5. The smallest absolute Gasteiger partial charge is 0.316 e. The highest BCUT2D eigenvalue weighted by Crippen LogP contribution is 2.20. The minimum Gasteiger partial charge on any atom is -0.464 e. The summed E-state index contributed by atoms with van der Waals surface area (Å²) in [5.74, 6) is 2.30. The Morgan fingerprint density at radius 3 is 2.75 bits per heavy atom. The lowest BCUT2D eigenvalue weighted by molar-refractivity contribution is 0.457. The molecule has 0 saturated heterocycles. The fourth-order valence-corrected chi connectivity index (χ4v) is 1.42. The second-order valence-electron chi connectivity index (χ2n) is 3.45. The van der Waals surface area contributed by atoms with Crippen molar-refractivity contribution in [1.29, 1.82) is 0 Å². The standard InChI is InChI=1S/C10H12ClN3O2/c1-6-3-4-8(15-6)7(2)12-10-14-13-9(5-11)16-10/h3-4,7H,5H2,1-2H3,(H,12,14). The molecule has 0 aliphatic carbocycles. The van der Waals surface area contributed by atoms with E-state index in [9.17, 15) is 0 Å². The number of nitrogens with zero attached hydrogens (tertiary/aromatic N) is 2. The summed E-state index contributed by atoms with van der Waals surface area (Å²) in [6, 6.07) is 4.13. The lowest BCUT2D eigenvalue weighted by Gasteiger charge is -2.07. The Morgan fingerprint density at radius 1 is 1.38 bits per heavy atom. The van der Waals surface area contributed by atoms with Crippen LogP contribution in [-0.2, 0) is 5.88 Å². The maximum Gasteiger partial charge on any atom is 0.316 e. The van der Waals surface area contributed by atoms with Gasteiger partial charge in [-0.2, -0.15) is 0 Å². The van der Waals surface area contributed by atoms with E-state index in [1.54, 1.807) is 0 Å². The molecule has 1 unspecified atom stereocenters. The van der Waals surface area contributed by atoms with Gasteiger partial charge in [0.25, 0.3) is 0 Å². The molecule has 0 aliphatic rings. The summed E-state index contributed by atoms with van der Waals surface area (Å²) in [7, 11) is 0. The molecule has 0 spiro atoms. The first-order valence-corrected chi connectivity index (χ1v) is 5.43. The average Bonchev–Trinajstić information content (AvgIpc) is 2.87. The van der Waals surface area contributed by atoms with E-state index in [0.717, 1.165) is 11.5 Å². The second kappa shape index (κ2) is 4.57. The van der Waals surface area contributed by atoms with Gasteiger partial charge in [0.2, 0.25) is 5.89 Å². The summed E-state index contributed by atoms with van der Waals surface area (Å²) in [4.78, 5) is 0. The normalized spacial score (nSPS) is 12.7. The monoisotopic (exact) mass is 241 g/mol. The van der Waals surface area contributed by atoms with Crippen molar-refractivity contribution < 1.29 is 8.83 Å². The summed E-state index contributed by atoms with van der Waals surface area (Å²) in [5, 5.41) is 10.6. The number of aryl methyl sites for hydroxylation is 1. The summed E-state index contributed by atoms with van der Waals surface area (Å²) in [6.45, 7) is 3.84. The summed E-state index contributed by atoms with van der Waals surface area (Å²) in [6.07, 6.45) is 0. The molecule has 6 heteroatoms. The van der Waals surface area contributed by atoms with E-state index in [1.165, 1.54) is 0 Å². The molecule has 16 heavy (non-hydrogen) atoms. The third kappa shape index (κ3) is 2.36. The van der Waals surface area contributed by atoms with Crippen LogP contribution in [0.5, 0.6) is 0 Å². The van der Waals surface area contributed by atoms with Gasteiger partial charge in [-0.05, 0) is 26.0 Å². The molecule has 0 bridgehead atoms. The molecule has 86 valence electrons. The molecule has 0 aliphatic heterocycles. The largest absolute Gasteiger partial charge is 0.464 e. The van der Waals surface area contributed by atoms with Crippen molar-refractivity contribution in [2.45, 2.75) is 25.8 Å². The van der Waals surface area contributed by atoms with Gasteiger partial charge >= 0.3 is 6.01 Å². The van der Waals surface area contributed by atoms with Gasteiger partial charge in [0.15, 0.2) is 0 Å². The molecular weight excluding hydrogens is 230 g/mol. The summed E-state index contributed by atoms with van der Waals surface area (Å²) in [5.41, 5.74) is 0. The third-order valence-corrected chi connectivity index (χ3v) is 2.34. The lowest BCUT2D eigenvalue weighted by atomic mass is 10.2. The molecule has 5 nitrogen and oxygen atoms in total. The van der Waals surface area contributed by atoms with E-state index in [1.807, 2.05) is 26.0 Å². The number of hydrogen-bond donors (Lipinski definition) is 1. The predicted molar refractivity (Wildman–Crippen MR) is 59.3 cm³/mol. The number of anilines is 1. The van der Waals surface area contributed by atoms with E-state index in [2.05, 4.69) is 15.5 Å². The molecule has 2 aromatic heterocycles. The number of hydrogen-bond acceptors (Lipinski definition) is 5. The SMILES string of the molecule is Cc1ccc(C(C)Nc2nnc(CCl)o2)o1. The maximum atomic E-state index is 5.55. The van der Waals surface area contributed by atoms with Crippen molar-refractivity contribution in [3.05, 3.63) is 29.5 Å². The predicted octanol–water partition coefficient (Wildman–Crippen LogP) is 2.88. The number of aromatic nitrogens is 2. The molecular formula is C10H12ClN3O2. The van der Waals surface area contributed by atoms with Gasteiger partial charge < -0.3 is 14.2 Å². The number of nitrogens with one attached hydrogen (secondary N) is 1. The van der Waals surface area contributed by atoms with Crippen molar-refractivity contribution in [3.8, 4) is 0 Å². The van der Waals surface area contributed by atoms with Gasteiger partial charge in [-0.1, -0.05) is 5.10 Å². The van der Waals surface area contributed by atoms with Gasteiger partial charge in [-0.25, -0.2) is 0 Å². The van der Waals surface area contributed by atoms with Crippen LogP contribution in [0.2, 0.25) is 0 Å². The molecule has 0 saturated carbocycles. The Morgan fingerprint density at radius 2 is 2.19 bits per heavy atom. The molecule has 1 N–H and O–H groups in total. The Labute approximate surface area is 97.8 Å². The number of rotatable bonds is 4. The summed E-state index contributed by atoms with van der Waals surface area (Å²) >= 11 is 5.55. The van der Waals surface area contributed by atoms with Gasteiger partial charge in [0, 0.05) is 0 Å². The fourth-order valence-electron chi connectivity index (χ4n) is 1.31. The minimum absolute atomic E-state index is 0.0303. The van der Waals surface area contributed by atoms with Gasteiger partial charge in [0.1, 0.15) is 17.4 Å². The van der Waals surface area contributed by atoms with E-state index in [4.69, 9.17) is 20.4 Å². The van der Waals surface area contributed by atoms with Crippen LogP contribution in [0.25, 0.3) is 0 Å². The van der Waals surface area contributed by atoms with Gasteiger partial charge in [-0.15, -0.1) is 16.7 Å². The van der Waals surface area contributed by atoms with Crippen molar-refractivity contribution >= 4 is 17.6 Å². The van der Waals surface area contributed by atoms with Gasteiger partial charge in [0.05, 0.1) is 6.04 Å². The molecule has 0 fully saturated rings. The number of furan rings is 1. The van der Waals surface area contributed by atoms with Crippen molar-refractivity contribution in [3.63, 3.8) is 0 Å². The summed E-state index contributed by atoms with van der Waals surface area (Å²) < 4.78 is 10.7. The third-order valence-electron chi connectivity index (χ3n) is 2.11. The molecule has 2 heterocycles. The van der Waals surface area contributed by atoms with Gasteiger partial charge in [-0.3, -0.25) is 0 Å². The van der Waals surface area contributed by atoms with Crippen LogP contribution >= 0.6 is 11.6 Å². The fraction of sp³-hybridized carbons (Fsp3) is 0.400. The highest BCUT2D eigenvalue weighted by molar-refractivity contribution is 6.16. The van der Waals surface area contributed by atoms with E-state index >= 15 is 0 Å². The van der Waals surface area contributed by atoms with Crippen LogP contribution in [0, 0.1) is 6.92 Å². The second-order valence-corrected chi connectivity index (χ2v) is 3.72. The molecule has 0 radical (unpaired) electrons. The molecule has 2 rings (SSSR count). The minimum atomic E-state index is -0.0303. The Balaban J connectivity index is 2.04. The molecule has 2 aromatic rings. The molecule has 0 amide bonds. The van der Waals surface area contributed by atoms with Crippen LogP contribution in [-0.4, -0.2) is 10.2 Å². The highest BCUT2D eigenvalue weighted by atomic mass is 35.5. The quantitative estimate of drug-likeness (QED) is 0.834. The molecule has 0 aromatic carbocycles. The van der Waals surface area contributed by atoms with E-state index < -0.39 is 0 Å². The van der Waals surface area contributed by atoms with Crippen LogP contribution in [0.15, 0.2) is 21.0 Å². The van der Waals surface area contributed by atoms with Crippen LogP contribution in [0.4, 0.5) is 6.01 Å². The Hall–Kier alpha value is -1.49. The molecule has 1 atom stereocenters. The average molecular weight is 242 g/mol. The van der Waals surface area contributed by atoms with Crippen molar-refractivity contribution in [1.82, 2.24) is 10.2 Å². The maximum absolute atomic E-state index is 5.55. The lowest BCUT2D eigenvalue weighted by Crippen LogP contribution is -2.05. The zero-order valence-electron chi connectivity index (χ0n) is 9.03.